The largest absolute Gasteiger partial charge is 0.490 e. The second-order valence-corrected chi connectivity index (χ2v) is 8.21. The van der Waals surface area contributed by atoms with E-state index >= 15 is 0 Å². The number of fused-ring (bicyclic) bond motifs is 1. The summed E-state index contributed by atoms with van der Waals surface area (Å²) in [6.45, 7) is 2.54. The van der Waals surface area contributed by atoms with Gasteiger partial charge in [-0.1, -0.05) is 48.0 Å². The molecule has 0 aromatic heterocycles. The third-order valence-corrected chi connectivity index (χ3v) is 5.80. The van der Waals surface area contributed by atoms with Crippen molar-refractivity contribution in [3.05, 3.63) is 76.3 Å². The molecule has 0 aliphatic carbocycles. The van der Waals surface area contributed by atoms with Crippen LogP contribution in [0.25, 0.3) is 16.8 Å². The van der Waals surface area contributed by atoms with Crippen LogP contribution in [0.4, 0.5) is 0 Å². The second-order valence-electron chi connectivity index (χ2n) is 7.41. The summed E-state index contributed by atoms with van der Waals surface area (Å²) < 4.78 is 11.8. The molecule has 1 aliphatic heterocycles. The summed E-state index contributed by atoms with van der Waals surface area (Å²) in [5, 5.41) is 5.13. The van der Waals surface area contributed by atoms with E-state index in [4.69, 9.17) is 33.3 Å². The molecule has 0 spiro atoms. The molecule has 1 N–H and O–H groups in total. The first-order chi connectivity index (χ1) is 15.9. The van der Waals surface area contributed by atoms with Crippen LogP contribution in [0.5, 0.6) is 11.5 Å². The van der Waals surface area contributed by atoms with Gasteiger partial charge in [0.25, 0.3) is 11.8 Å². The smallest absolute Gasteiger partial charge is 0.265 e. The number of rotatable bonds is 6. The van der Waals surface area contributed by atoms with Gasteiger partial charge in [-0.25, -0.2) is 0 Å². The summed E-state index contributed by atoms with van der Waals surface area (Å²) in [7, 11) is 1.50. The molecule has 0 atom stereocenters. The molecule has 3 aromatic carbocycles. The Labute approximate surface area is 201 Å². The minimum absolute atomic E-state index is 0.0468. The maximum absolute atomic E-state index is 12.5. The normalized spacial score (nSPS) is 15.2. The van der Waals surface area contributed by atoms with Crippen molar-refractivity contribution in [2.24, 2.45) is 0 Å². The van der Waals surface area contributed by atoms with Crippen molar-refractivity contribution in [2.75, 3.05) is 13.7 Å². The number of ether oxygens (including phenoxy) is 2. The minimum atomic E-state index is -0.561. The van der Waals surface area contributed by atoms with Crippen LogP contribution in [0.1, 0.15) is 18.1 Å². The topological polar surface area (TPSA) is 67.9 Å². The molecule has 8 heteroatoms. The van der Waals surface area contributed by atoms with Gasteiger partial charge in [0.05, 0.1) is 11.6 Å². The van der Waals surface area contributed by atoms with Gasteiger partial charge in [-0.05, 0) is 65.3 Å². The van der Waals surface area contributed by atoms with Crippen LogP contribution in [0.2, 0.25) is 5.02 Å². The molecule has 33 heavy (non-hydrogen) atoms. The van der Waals surface area contributed by atoms with Gasteiger partial charge in [0.15, 0.2) is 16.6 Å². The quantitative estimate of drug-likeness (QED) is 0.314. The number of carbonyl (C=O) groups is 2. The van der Waals surface area contributed by atoms with Crippen molar-refractivity contribution in [1.82, 2.24) is 10.2 Å². The van der Waals surface area contributed by atoms with E-state index in [-0.39, 0.29) is 10.7 Å². The van der Waals surface area contributed by atoms with Crippen molar-refractivity contribution < 1.29 is 19.1 Å². The molecule has 1 fully saturated rings. The first-order valence-corrected chi connectivity index (χ1v) is 11.1. The number of halogens is 1. The Bertz CT molecular complexity index is 1300. The van der Waals surface area contributed by atoms with Crippen LogP contribution in [-0.4, -0.2) is 35.5 Å². The predicted molar refractivity (Wildman–Crippen MR) is 132 cm³/mol. The summed E-state index contributed by atoms with van der Waals surface area (Å²) in [6.07, 6.45) is 1.46. The molecular weight excluding hydrogens is 460 g/mol. The van der Waals surface area contributed by atoms with E-state index in [0.717, 1.165) is 16.3 Å². The molecule has 6 nitrogen and oxygen atoms in total. The zero-order valence-electron chi connectivity index (χ0n) is 18.1. The van der Waals surface area contributed by atoms with Crippen molar-refractivity contribution in [2.45, 2.75) is 13.5 Å². The van der Waals surface area contributed by atoms with Gasteiger partial charge in [-0.2, -0.15) is 0 Å². The molecule has 1 heterocycles. The second kappa shape index (κ2) is 9.60. The number of nitrogens with one attached hydrogen (secondary N) is 1. The zero-order valence-corrected chi connectivity index (χ0v) is 19.6. The van der Waals surface area contributed by atoms with Crippen molar-refractivity contribution in [3.63, 3.8) is 0 Å². The lowest BCUT2D eigenvalue weighted by Gasteiger charge is -2.25. The number of amides is 2. The number of thiocarbonyl (C=S) groups is 1. The maximum Gasteiger partial charge on any atom is 0.265 e. The summed E-state index contributed by atoms with van der Waals surface area (Å²) >= 11 is 11.5. The number of hydrogen-bond acceptors (Lipinski definition) is 5. The lowest BCUT2D eigenvalue weighted by atomic mass is 10.1. The molecule has 0 bridgehead atoms. The lowest BCUT2D eigenvalue weighted by Crippen LogP contribution is -2.52. The molecule has 0 saturated carbocycles. The van der Waals surface area contributed by atoms with Crippen LogP contribution >= 0.6 is 23.8 Å². The Hall–Kier alpha value is -3.42. The molecule has 3 aromatic rings. The fourth-order valence-corrected chi connectivity index (χ4v) is 3.92. The Morgan fingerprint density at radius 1 is 1.06 bits per heavy atom. The highest BCUT2D eigenvalue weighted by molar-refractivity contribution is 7.80. The van der Waals surface area contributed by atoms with E-state index in [1.165, 1.54) is 18.0 Å². The Kier molecular flexibility index (Phi) is 6.62. The van der Waals surface area contributed by atoms with Gasteiger partial charge in [-0.3, -0.25) is 19.8 Å². The third kappa shape index (κ3) is 4.84. The SMILES string of the molecule is CCOc1cc(/C=C2\C(=O)NC(=S)N(C)C2=O)cc(Cl)c1OCc1ccc2ccccc2c1. The first kappa shape index (κ1) is 22.8. The van der Waals surface area contributed by atoms with E-state index in [0.29, 0.717) is 35.3 Å². The number of hydrogen-bond donors (Lipinski definition) is 1. The Balaban J connectivity index is 1.62. The van der Waals surface area contributed by atoms with E-state index in [9.17, 15) is 9.59 Å². The van der Waals surface area contributed by atoms with Crippen molar-refractivity contribution in [1.29, 1.82) is 0 Å². The summed E-state index contributed by atoms with van der Waals surface area (Å²) in [5.74, 6) is -0.236. The monoisotopic (exact) mass is 480 g/mol. The molecule has 1 aliphatic rings. The average Bonchev–Trinajstić information content (AvgIpc) is 2.80. The van der Waals surface area contributed by atoms with Crippen LogP contribution < -0.4 is 14.8 Å². The highest BCUT2D eigenvalue weighted by Gasteiger charge is 2.30. The Morgan fingerprint density at radius 2 is 1.82 bits per heavy atom. The molecule has 168 valence electrons. The molecular formula is C25H21ClN2O4S. The highest BCUT2D eigenvalue weighted by Crippen LogP contribution is 2.38. The van der Waals surface area contributed by atoms with Crippen LogP contribution in [0.15, 0.2) is 60.2 Å². The Morgan fingerprint density at radius 3 is 2.58 bits per heavy atom. The van der Waals surface area contributed by atoms with Crippen LogP contribution in [-0.2, 0) is 16.2 Å². The first-order valence-electron chi connectivity index (χ1n) is 10.3. The fourth-order valence-electron chi connectivity index (χ4n) is 3.47. The summed E-state index contributed by atoms with van der Waals surface area (Å²) in [6, 6.07) is 17.5. The van der Waals surface area contributed by atoms with Crippen LogP contribution in [0, 0.1) is 0 Å². The van der Waals surface area contributed by atoms with Gasteiger partial charge < -0.3 is 9.47 Å². The van der Waals surface area contributed by atoms with E-state index in [2.05, 4.69) is 17.4 Å². The van der Waals surface area contributed by atoms with Gasteiger partial charge >= 0.3 is 0 Å². The number of benzene rings is 3. The number of carbonyl (C=O) groups excluding carboxylic acids is 2. The van der Waals surface area contributed by atoms with Gasteiger partial charge in [-0.15, -0.1) is 0 Å². The summed E-state index contributed by atoms with van der Waals surface area (Å²) in [4.78, 5) is 26.0. The zero-order chi connectivity index (χ0) is 23.5. The number of nitrogens with zero attached hydrogens (tertiary/aromatic N) is 1. The predicted octanol–water partition coefficient (Wildman–Crippen LogP) is 4.73. The fraction of sp³-hybridized carbons (Fsp3) is 0.160. The number of likely N-dealkylation sites (N-methyl/N-ethyl adjacent to an activating group) is 1. The molecule has 0 unspecified atom stereocenters. The molecule has 4 rings (SSSR count). The van der Waals surface area contributed by atoms with E-state index in [1.807, 2.05) is 37.3 Å². The maximum atomic E-state index is 12.5. The van der Waals surface area contributed by atoms with Gasteiger partial charge in [0.1, 0.15) is 12.2 Å². The van der Waals surface area contributed by atoms with Gasteiger partial charge in [0.2, 0.25) is 0 Å². The average molecular weight is 481 g/mol. The summed E-state index contributed by atoms with van der Waals surface area (Å²) in [5.41, 5.74) is 1.47. The van der Waals surface area contributed by atoms with E-state index in [1.54, 1.807) is 12.1 Å². The lowest BCUT2D eigenvalue weighted by molar-refractivity contribution is -0.128. The van der Waals surface area contributed by atoms with E-state index < -0.39 is 11.8 Å². The standard InChI is InChI=1S/C25H21ClN2O4S/c1-3-31-21-13-16(11-19-23(29)27-25(33)28(2)24(19)30)12-20(26)22(21)32-14-15-8-9-17-6-4-5-7-18(17)10-15/h4-13H,3,14H2,1-2H3,(H,27,29,33)/b19-11+. The van der Waals surface area contributed by atoms with Crippen molar-refractivity contribution in [3.8, 4) is 11.5 Å². The minimum Gasteiger partial charge on any atom is -0.490 e. The molecule has 2 amide bonds. The van der Waals surface area contributed by atoms with Crippen molar-refractivity contribution >= 4 is 57.6 Å². The molecule has 0 radical (unpaired) electrons. The third-order valence-electron chi connectivity index (χ3n) is 5.14. The highest BCUT2D eigenvalue weighted by atomic mass is 35.5. The van der Waals surface area contributed by atoms with Gasteiger partial charge in [0, 0.05) is 7.05 Å². The van der Waals surface area contributed by atoms with Crippen LogP contribution in [0.3, 0.4) is 0 Å². The molecule has 1 saturated heterocycles.